The molecule has 9 heteroatoms. The van der Waals surface area contributed by atoms with E-state index < -0.39 is 0 Å². The van der Waals surface area contributed by atoms with Gasteiger partial charge < -0.3 is 4.32 Å². The molecule has 1 radical (unpaired) electrons. The summed E-state index contributed by atoms with van der Waals surface area (Å²) >= 11 is 5.46. The number of nitrogens with zero attached hydrogens (tertiary/aromatic N) is 4. The van der Waals surface area contributed by atoms with E-state index in [9.17, 15) is 4.32 Å². The van der Waals surface area contributed by atoms with Crippen LogP contribution in [0.4, 0.5) is 15.7 Å². The third-order valence-electron chi connectivity index (χ3n) is 2.01. The molecule has 0 unspecified atom stereocenters. The third-order valence-corrected chi connectivity index (χ3v) is 3.82. The van der Waals surface area contributed by atoms with Gasteiger partial charge in [0.2, 0.25) is 0 Å². The second kappa shape index (κ2) is 3.43. The van der Waals surface area contributed by atoms with Gasteiger partial charge in [-0.25, -0.2) is 0 Å². The van der Waals surface area contributed by atoms with Crippen LogP contribution >= 0.6 is 27.7 Å². The third kappa shape index (κ3) is 1.23. The lowest BCUT2D eigenvalue weighted by molar-refractivity contribution is 0.885. The van der Waals surface area contributed by atoms with Crippen molar-refractivity contribution in [2.75, 3.05) is 0 Å². The molecular formula is C6BBrFN4S2. The number of fused-ring (bicyclic) bond motifs is 2. The zero-order chi connectivity index (χ0) is 10.4. The highest BCUT2D eigenvalue weighted by Gasteiger charge is 2.23. The topological polar surface area (TPSA) is 50.5 Å². The molecule has 2 heterocycles. The highest BCUT2D eigenvalue weighted by molar-refractivity contribution is 9.10. The van der Waals surface area contributed by atoms with Crippen molar-refractivity contribution < 1.29 is 4.32 Å². The Morgan fingerprint density at radius 2 is 1.87 bits per heavy atom. The number of benzene rings is 1. The lowest BCUT2D eigenvalue weighted by Gasteiger charge is -2.03. The van der Waals surface area contributed by atoms with Gasteiger partial charge in [0.05, 0.1) is 27.6 Å². The van der Waals surface area contributed by atoms with Gasteiger partial charge in [-0.1, -0.05) is 0 Å². The molecule has 15 heavy (non-hydrogen) atoms. The van der Waals surface area contributed by atoms with Crippen LogP contribution in [-0.4, -0.2) is 16.3 Å². The number of aromatic nitrogens is 2. The monoisotopic (exact) mass is 301 g/mol. The average Bonchev–Trinajstić information content (AvgIpc) is 2.85. The zero-order valence-electron chi connectivity index (χ0n) is 6.94. The van der Waals surface area contributed by atoms with E-state index in [4.69, 9.17) is 0 Å². The fraction of sp³-hybridized carbons (Fsp3) is 0. The predicted octanol–water partition coefficient (Wildman–Crippen LogP) is 2.39. The summed E-state index contributed by atoms with van der Waals surface area (Å²) in [7, 11) is 0.500. The van der Waals surface area contributed by atoms with Crippen molar-refractivity contribution in [3.8, 4) is 0 Å². The van der Waals surface area contributed by atoms with Gasteiger partial charge >= 0.3 is 7.56 Å². The van der Waals surface area contributed by atoms with Crippen molar-refractivity contribution in [3.05, 3.63) is 4.47 Å². The highest BCUT2D eigenvalue weighted by Crippen LogP contribution is 2.41. The molecular weight excluding hydrogens is 302 g/mol. The van der Waals surface area contributed by atoms with E-state index in [2.05, 4.69) is 33.4 Å². The van der Waals surface area contributed by atoms with Gasteiger partial charge in [0, 0.05) is 5.46 Å². The SMILES string of the molecule is F[B]c1c2c(c(Br)c3nsnc13)N=S=N2. The molecule has 0 aliphatic carbocycles. The van der Waals surface area contributed by atoms with Crippen molar-refractivity contribution in [2.24, 2.45) is 8.73 Å². The molecule has 0 atom stereocenters. The van der Waals surface area contributed by atoms with Crippen LogP contribution in [0.1, 0.15) is 0 Å². The van der Waals surface area contributed by atoms with E-state index in [1.54, 1.807) is 0 Å². The summed E-state index contributed by atoms with van der Waals surface area (Å²) in [5, 5.41) is 0. The molecule has 0 amide bonds. The first-order valence-corrected chi connectivity index (χ1v) is 6.07. The Hall–Kier alpha value is -0.665. The van der Waals surface area contributed by atoms with E-state index in [1.807, 2.05) is 0 Å². The summed E-state index contributed by atoms with van der Waals surface area (Å²) < 4.78 is 29.8. The van der Waals surface area contributed by atoms with Crippen LogP contribution in [0.5, 0.6) is 0 Å². The first-order valence-electron chi connectivity index (χ1n) is 3.82. The zero-order valence-corrected chi connectivity index (χ0v) is 10.2. The largest absolute Gasteiger partial charge is 0.396 e. The summed E-state index contributed by atoms with van der Waals surface area (Å²) in [6.45, 7) is 0. The van der Waals surface area contributed by atoms with Gasteiger partial charge in [-0.3, -0.25) is 0 Å². The Balaban J connectivity index is 2.54. The van der Waals surface area contributed by atoms with Gasteiger partial charge in [0.25, 0.3) is 0 Å². The van der Waals surface area contributed by atoms with E-state index in [0.29, 0.717) is 35.4 Å². The average molecular weight is 302 g/mol. The maximum absolute atomic E-state index is 12.8. The Bertz CT molecular complexity index is 636. The second-order valence-electron chi connectivity index (χ2n) is 2.76. The maximum Gasteiger partial charge on any atom is 0.396 e. The molecule has 3 rings (SSSR count). The summed E-state index contributed by atoms with van der Waals surface area (Å²) in [6.07, 6.45) is 0. The molecule has 0 bridgehead atoms. The Morgan fingerprint density at radius 3 is 2.67 bits per heavy atom. The van der Waals surface area contributed by atoms with Crippen LogP contribution in [0.25, 0.3) is 11.0 Å². The predicted molar refractivity (Wildman–Crippen MR) is 63.2 cm³/mol. The number of rotatable bonds is 1. The van der Waals surface area contributed by atoms with Crippen LogP contribution in [0.2, 0.25) is 0 Å². The van der Waals surface area contributed by atoms with Crippen molar-refractivity contribution >= 4 is 74.4 Å². The van der Waals surface area contributed by atoms with Gasteiger partial charge in [-0.05, 0) is 15.9 Å². The van der Waals surface area contributed by atoms with Crippen LogP contribution in [0, 0.1) is 0 Å². The smallest absolute Gasteiger partial charge is 0.335 e. The van der Waals surface area contributed by atoms with Gasteiger partial charge in [0.1, 0.15) is 22.4 Å². The van der Waals surface area contributed by atoms with Crippen LogP contribution in [-0.2, 0) is 11.4 Å². The molecule has 4 nitrogen and oxygen atoms in total. The van der Waals surface area contributed by atoms with Gasteiger partial charge in [0.15, 0.2) is 0 Å². The Morgan fingerprint density at radius 1 is 1.13 bits per heavy atom. The van der Waals surface area contributed by atoms with Crippen LogP contribution in [0.15, 0.2) is 13.2 Å². The minimum absolute atomic E-state index is 0.353. The van der Waals surface area contributed by atoms with Crippen molar-refractivity contribution in [3.63, 3.8) is 0 Å². The molecule has 1 aliphatic rings. The lowest BCUT2D eigenvalue weighted by atomic mass is 9.87. The molecule has 1 aromatic heterocycles. The number of halogens is 2. The molecule has 0 spiro atoms. The normalized spacial score (nSPS) is 12.9. The van der Waals surface area contributed by atoms with Gasteiger partial charge in [-0.2, -0.15) is 17.5 Å². The fourth-order valence-electron chi connectivity index (χ4n) is 1.35. The maximum atomic E-state index is 12.8. The summed E-state index contributed by atoms with van der Waals surface area (Å²) in [6, 6.07) is 0. The second-order valence-corrected chi connectivity index (χ2v) is 4.61. The molecule has 1 aliphatic heterocycles. The Kier molecular flexibility index (Phi) is 2.18. The number of hydrogen-bond acceptors (Lipinski definition) is 5. The minimum atomic E-state index is 0.353. The van der Waals surface area contributed by atoms with Crippen LogP contribution in [0.3, 0.4) is 0 Å². The molecule has 0 saturated heterocycles. The quantitative estimate of drug-likeness (QED) is 0.648. The van der Waals surface area contributed by atoms with Crippen molar-refractivity contribution in [1.29, 1.82) is 0 Å². The first kappa shape index (κ1) is 9.55. The van der Waals surface area contributed by atoms with E-state index in [1.165, 1.54) is 0 Å². The molecule has 1 aromatic carbocycles. The Labute approximate surface area is 101 Å². The fourth-order valence-corrected chi connectivity index (χ4v) is 3.27. The van der Waals surface area contributed by atoms with E-state index >= 15 is 0 Å². The summed E-state index contributed by atoms with van der Waals surface area (Å²) in [5.74, 6) is 0. The molecule has 0 N–H and O–H groups in total. The molecule has 73 valence electrons. The molecule has 2 aromatic rings. The van der Waals surface area contributed by atoms with E-state index in [-0.39, 0.29) is 0 Å². The van der Waals surface area contributed by atoms with Crippen molar-refractivity contribution in [1.82, 2.24) is 8.75 Å². The van der Waals surface area contributed by atoms with Crippen molar-refractivity contribution in [2.45, 2.75) is 0 Å². The van der Waals surface area contributed by atoms with E-state index in [0.717, 1.165) is 27.6 Å². The first-order chi connectivity index (χ1) is 7.33. The standard InChI is InChI=1S/C6BBrFN4S2/c8-2-5-3(10-14-12-5)1(7-9)4-6(2)13-15-11-4. The molecule has 0 saturated carbocycles. The highest BCUT2D eigenvalue weighted by atomic mass is 79.9. The van der Waals surface area contributed by atoms with Gasteiger partial charge in [-0.15, -0.1) is 0 Å². The number of hydrogen-bond donors (Lipinski definition) is 0. The minimum Gasteiger partial charge on any atom is -0.335 e. The lowest BCUT2D eigenvalue weighted by Crippen LogP contribution is -2.12. The molecule has 0 fully saturated rings. The summed E-state index contributed by atoms with van der Waals surface area (Å²) in [4.78, 5) is 0. The van der Waals surface area contributed by atoms with Crippen LogP contribution < -0.4 is 5.46 Å². The summed E-state index contributed by atoms with van der Waals surface area (Å²) in [5.41, 5.74) is 2.66.